The Morgan fingerprint density at radius 2 is 1.95 bits per heavy atom. The SMILES string of the molecule is Cc1cc(F)c(NCC(=O)NC2CCCC2)cc1F. The second-order valence-electron chi connectivity index (χ2n) is 4.98. The molecule has 0 aromatic heterocycles. The van der Waals surface area contributed by atoms with Crippen LogP contribution in [0.1, 0.15) is 31.2 Å². The van der Waals surface area contributed by atoms with Gasteiger partial charge in [0.05, 0.1) is 12.2 Å². The van der Waals surface area contributed by atoms with Crippen LogP contribution < -0.4 is 10.6 Å². The van der Waals surface area contributed by atoms with E-state index in [1.165, 1.54) is 6.92 Å². The van der Waals surface area contributed by atoms with Crippen molar-refractivity contribution in [3.05, 3.63) is 29.3 Å². The summed E-state index contributed by atoms with van der Waals surface area (Å²) in [6, 6.07) is 2.42. The summed E-state index contributed by atoms with van der Waals surface area (Å²) in [5, 5.41) is 5.50. The Morgan fingerprint density at radius 1 is 1.26 bits per heavy atom. The minimum absolute atomic E-state index is 0.0182. The molecule has 1 fully saturated rings. The molecule has 0 radical (unpaired) electrons. The highest BCUT2D eigenvalue weighted by molar-refractivity contribution is 5.81. The predicted molar refractivity (Wildman–Crippen MR) is 70.0 cm³/mol. The molecule has 5 heteroatoms. The van der Waals surface area contributed by atoms with Gasteiger partial charge in [0, 0.05) is 12.1 Å². The molecule has 1 aromatic carbocycles. The molecule has 0 aliphatic heterocycles. The van der Waals surface area contributed by atoms with Crippen molar-refractivity contribution in [1.29, 1.82) is 0 Å². The number of aryl methyl sites for hydroxylation is 1. The quantitative estimate of drug-likeness (QED) is 0.881. The van der Waals surface area contributed by atoms with Crippen molar-refractivity contribution >= 4 is 11.6 Å². The number of carbonyl (C=O) groups excluding carboxylic acids is 1. The van der Waals surface area contributed by atoms with Gasteiger partial charge in [-0.2, -0.15) is 0 Å². The Kier molecular flexibility index (Phi) is 4.35. The molecule has 1 saturated carbocycles. The van der Waals surface area contributed by atoms with Gasteiger partial charge in [0.15, 0.2) is 0 Å². The Morgan fingerprint density at radius 3 is 2.63 bits per heavy atom. The average Bonchev–Trinajstić information content (AvgIpc) is 2.85. The van der Waals surface area contributed by atoms with Crippen molar-refractivity contribution < 1.29 is 13.6 Å². The zero-order valence-electron chi connectivity index (χ0n) is 10.9. The molecule has 0 unspecified atom stereocenters. The van der Waals surface area contributed by atoms with E-state index in [1.807, 2.05) is 0 Å². The molecule has 1 aliphatic rings. The van der Waals surface area contributed by atoms with Gasteiger partial charge in [-0.1, -0.05) is 12.8 Å². The second kappa shape index (κ2) is 5.99. The lowest BCUT2D eigenvalue weighted by Gasteiger charge is -2.13. The highest BCUT2D eigenvalue weighted by Gasteiger charge is 2.17. The molecular formula is C14H18F2N2O. The first-order valence-corrected chi connectivity index (χ1v) is 6.55. The summed E-state index contributed by atoms with van der Waals surface area (Å²) in [6.45, 7) is 1.45. The number of carbonyl (C=O) groups is 1. The molecule has 1 aromatic rings. The minimum atomic E-state index is -0.549. The van der Waals surface area contributed by atoms with E-state index in [4.69, 9.17) is 0 Å². The molecule has 19 heavy (non-hydrogen) atoms. The third-order valence-electron chi connectivity index (χ3n) is 3.41. The van der Waals surface area contributed by atoms with E-state index in [2.05, 4.69) is 10.6 Å². The van der Waals surface area contributed by atoms with Gasteiger partial charge >= 0.3 is 0 Å². The summed E-state index contributed by atoms with van der Waals surface area (Å²) in [5.41, 5.74) is 0.267. The fraction of sp³-hybridized carbons (Fsp3) is 0.500. The summed E-state index contributed by atoms with van der Waals surface area (Å²) >= 11 is 0. The van der Waals surface area contributed by atoms with E-state index < -0.39 is 11.6 Å². The molecule has 1 aliphatic carbocycles. The Balaban J connectivity index is 1.87. The van der Waals surface area contributed by atoms with Crippen LogP contribution in [-0.4, -0.2) is 18.5 Å². The number of nitrogens with one attached hydrogen (secondary N) is 2. The molecule has 104 valence electrons. The van der Waals surface area contributed by atoms with E-state index >= 15 is 0 Å². The maximum atomic E-state index is 13.5. The Hall–Kier alpha value is -1.65. The van der Waals surface area contributed by atoms with Crippen LogP contribution in [0.4, 0.5) is 14.5 Å². The molecular weight excluding hydrogens is 250 g/mol. The molecule has 3 nitrogen and oxygen atoms in total. The second-order valence-corrected chi connectivity index (χ2v) is 4.98. The number of benzene rings is 1. The van der Waals surface area contributed by atoms with E-state index in [1.54, 1.807) is 0 Å². The predicted octanol–water partition coefficient (Wildman–Crippen LogP) is 2.74. The van der Waals surface area contributed by atoms with Gasteiger partial charge in [0.1, 0.15) is 11.6 Å². The lowest BCUT2D eigenvalue weighted by atomic mass is 10.2. The highest BCUT2D eigenvalue weighted by Crippen LogP contribution is 2.19. The van der Waals surface area contributed by atoms with Crippen LogP contribution in [0, 0.1) is 18.6 Å². The van der Waals surface area contributed by atoms with E-state index in [0.717, 1.165) is 37.8 Å². The number of halogens is 2. The summed E-state index contributed by atoms with van der Waals surface area (Å²) < 4.78 is 26.8. The molecule has 2 N–H and O–H groups in total. The largest absolute Gasteiger partial charge is 0.374 e. The van der Waals surface area contributed by atoms with Gasteiger partial charge in [-0.3, -0.25) is 4.79 Å². The van der Waals surface area contributed by atoms with Crippen molar-refractivity contribution in [2.24, 2.45) is 0 Å². The fourth-order valence-electron chi connectivity index (χ4n) is 2.31. The molecule has 0 saturated heterocycles. The molecule has 0 heterocycles. The van der Waals surface area contributed by atoms with E-state index in [9.17, 15) is 13.6 Å². The van der Waals surface area contributed by atoms with Crippen LogP contribution in [0.25, 0.3) is 0 Å². The summed E-state index contributed by atoms with van der Waals surface area (Å²) in [5.74, 6) is -1.22. The molecule has 1 amide bonds. The summed E-state index contributed by atoms with van der Waals surface area (Å²) in [7, 11) is 0. The van der Waals surface area contributed by atoms with Crippen LogP contribution in [0.15, 0.2) is 12.1 Å². The van der Waals surface area contributed by atoms with Crippen LogP contribution in [0.2, 0.25) is 0 Å². The van der Waals surface area contributed by atoms with Crippen LogP contribution >= 0.6 is 0 Å². The van der Waals surface area contributed by atoms with Crippen LogP contribution in [0.5, 0.6) is 0 Å². The van der Waals surface area contributed by atoms with Gasteiger partial charge in [-0.25, -0.2) is 8.78 Å². The lowest BCUT2D eigenvalue weighted by Crippen LogP contribution is -2.36. The van der Waals surface area contributed by atoms with Gasteiger partial charge in [0.25, 0.3) is 0 Å². The Bertz CT molecular complexity index is 471. The first-order chi connectivity index (χ1) is 9.06. The molecule has 2 rings (SSSR count). The number of rotatable bonds is 4. The molecule has 0 atom stereocenters. The maximum Gasteiger partial charge on any atom is 0.239 e. The van der Waals surface area contributed by atoms with Crippen molar-refractivity contribution in [3.8, 4) is 0 Å². The average molecular weight is 268 g/mol. The lowest BCUT2D eigenvalue weighted by molar-refractivity contribution is -0.120. The number of anilines is 1. The number of amides is 1. The smallest absolute Gasteiger partial charge is 0.239 e. The Labute approximate surface area is 111 Å². The van der Waals surface area contributed by atoms with Crippen molar-refractivity contribution in [2.45, 2.75) is 38.6 Å². The van der Waals surface area contributed by atoms with Crippen molar-refractivity contribution in [3.63, 3.8) is 0 Å². The van der Waals surface area contributed by atoms with E-state index in [0.29, 0.717) is 0 Å². The number of hydrogen-bond donors (Lipinski definition) is 2. The number of hydrogen-bond acceptors (Lipinski definition) is 2. The minimum Gasteiger partial charge on any atom is -0.374 e. The third kappa shape index (κ3) is 3.66. The standard InChI is InChI=1S/C14H18F2N2O/c1-9-6-12(16)13(7-11(9)15)17-8-14(19)18-10-4-2-3-5-10/h6-7,10,17H,2-5,8H2,1H3,(H,18,19). The fourth-order valence-corrected chi connectivity index (χ4v) is 2.31. The zero-order valence-corrected chi connectivity index (χ0v) is 10.9. The van der Waals surface area contributed by atoms with Gasteiger partial charge in [0.2, 0.25) is 5.91 Å². The van der Waals surface area contributed by atoms with E-state index in [-0.39, 0.29) is 29.7 Å². The molecule has 0 spiro atoms. The van der Waals surface area contributed by atoms with Gasteiger partial charge < -0.3 is 10.6 Å². The van der Waals surface area contributed by atoms with Crippen LogP contribution in [0.3, 0.4) is 0 Å². The first kappa shape index (κ1) is 13.8. The highest BCUT2D eigenvalue weighted by atomic mass is 19.1. The topological polar surface area (TPSA) is 41.1 Å². The van der Waals surface area contributed by atoms with Gasteiger partial charge in [-0.05, 0) is 31.4 Å². The summed E-state index contributed by atoms with van der Waals surface area (Å²) in [4.78, 5) is 11.6. The normalized spacial score (nSPS) is 15.5. The van der Waals surface area contributed by atoms with Gasteiger partial charge in [-0.15, -0.1) is 0 Å². The third-order valence-corrected chi connectivity index (χ3v) is 3.41. The zero-order chi connectivity index (χ0) is 13.8. The molecule has 0 bridgehead atoms. The first-order valence-electron chi connectivity index (χ1n) is 6.55. The van der Waals surface area contributed by atoms with Crippen molar-refractivity contribution in [2.75, 3.05) is 11.9 Å². The van der Waals surface area contributed by atoms with Crippen LogP contribution in [-0.2, 0) is 4.79 Å². The maximum absolute atomic E-state index is 13.5. The van der Waals surface area contributed by atoms with Crippen molar-refractivity contribution in [1.82, 2.24) is 5.32 Å². The monoisotopic (exact) mass is 268 g/mol. The summed E-state index contributed by atoms with van der Waals surface area (Å²) in [6.07, 6.45) is 4.27.